The highest BCUT2D eigenvalue weighted by Gasteiger charge is 2.35. The van der Waals surface area contributed by atoms with Crippen LogP contribution in [0, 0.1) is 0 Å². The molecule has 0 aliphatic carbocycles. The van der Waals surface area contributed by atoms with Gasteiger partial charge in [-0.05, 0) is 12.1 Å². The Morgan fingerprint density at radius 3 is 2.59 bits per heavy atom. The summed E-state index contributed by atoms with van der Waals surface area (Å²) in [6, 6.07) is 4.52. The number of esters is 1. The Bertz CT molecular complexity index is 707. The second-order valence-electron chi connectivity index (χ2n) is 4.10. The third-order valence-electron chi connectivity index (χ3n) is 2.68. The number of thioether (sulfide) groups is 1. The predicted octanol–water partition coefficient (Wildman–Crippen LogP) is 2.92. The van der Waals surface area contributed by atoms with Crippen LogP contribution in [0.1, 0.15) is 5.82 Å². The first kappa shape index (κ1) is 16.3. The molecule has 2 aromatic rings. The summed E-state index contributed by atoms with van der Waals surface area (Å²) >= 11 is 0.860. The Morgan fingerprint density at radius 2 is 2.00 bits per heavy atom. The van der Waals surface area contributed by atoms with Crippen LogP contribution >= 0.6 is 11.8 Å². The summed E-state index contributed by atoms with van der Waals surface area (Å²) < 4.78 is 48.1. The summed E-state index contributed by atoms with van der Waals surface area (Å²) in [4.78, 5) is 18.2. The van der Waals surface area contributed by atoms with Crippen molar-refractivity contribution < 1.29 is 27.4 Å². The molecule has 22 heavy (non-hydrogen) atoms. The molecular weight excluding hydrogens is 321 g/mol. The van der Waals surface area contributed by atoms with Crippen LogP contribution in [-0.2, 0) is 15.7 Å². The molecule has 9 heteroatoms. The zero-order valence-corrected chi connectivity index (χ0v) is 12.4. The minimum atomic E-state index is -4.68. The zero-order valence-electron chi connectivity index (χ0n) is 11.6. The first-order chi connectivity index (χ1) is 10.3. The Labute approximate surface area is 127 Å². The molecule has 0 saturated heterocycles. The average Bonchev–Trinajstić information content (AvgIpc) is 2.50. The number of hydrogen-bond donors (Lipinski definition) is 0. The van der Waals surface area contributed by atoms with Gasteiger partial charge in [0.15, 0.2) is 0 Å². The number of fused-ring (bicyclic) bond motifs is 1. The molecule has 1 aromatic carbocycles. The summed E-state index contributed by atoms with van der Waals surface area (Å²) in [5.41, 5.74) is 0.0917. The molecule has 0 amide bonds. The molecule has 0 saturated carbocycles. The Hall–Kier alpha value is -2.03. The standard InChI is InChI=1S/C13H11F3N2O3S/c1-20-7-3-4-8-9(5-7)17-12(13(14,15)16)18-11(8)22-6-10(19)21-2/h3-5H,6H2,1-2H3. The van der Waals surface area contributed by atoms with Gasteiger partial charge < -0.3 is 9.47 Å². The van der Waals surface area contributed by atoms with Gasteiger partial charge in [0.25, 0.3) is 0 Å². The van der Waals surface area contributed by atoms with E-state index < -0.39 is 18.0 Å². The smallest absolute Gasteiger partial charge is 0.451 e. The first-order valence-corrected chi connectivity index (χ1v) is 6.96. The highest BCUT2D eigenvalue weighted by atomic mass is 32.2. The quantitative estimate of drug-likeness (QED) is 0.487. The highest BCUT2D eigenvalue weighted by molar-refractivity contribution is 8.00. The number of carbonyl (C=O) groups is 1. The third-order valence-corrected chi connectivity index (χ3v) is 3.64. The molecule has 1 aromatic heterocycles. The van der Waals surface area contributed by atoms with Crippen molar-refractivity contribution in [1.29, 1.82) is 0 Å². The van der Waals surface area contributed by atoms with E-state index in [1.54, 1.807) is 12.1 Å². The normalized spacial score (nSPS) is 11.5. The molecule has 0 aliphatic heterocycles. The average molecular weight is 332 g/mol. The van der Waals surface area contributed by atoms with E-state index in [-0.39, 0.29) is 16.3 Å². The summed E-state index contributed by atoms with van der Waals surface area (Å²) in [5, 5.41) is 0.466. The lowest BCUT2D eigenvalue weighted by Crippen LogP contribution is -2.12. The molecule has 0 aliphatic rings. The van der Waals surface area contributed by atoms with E-state index in [1.807, 2.05) is 0 Å². The van der Waals surface area contributed by atoms with Gasteiger partial charge in [-0.25, -0.2) is 9.97 Å². The fourth-order valence-electron chi connectivity index (χ4n) is 1.63. The second kappa shape index (κ2) is 6.39. The van der Waals surface area contributed by atoms with Crippen LogP contribution in [0.2, 0.25) is 0 Å². The maximum absolute atomic E-state index is 12.9. The van der Waals surface area contributed by atoms with Gasteiger partial charge in [-0.3, -0.25) is 4.79 Å². The topological polar surface area (TPSA) is 61.3 Å². The van der Waals surface area contributed by atoms with Crippen molar-refractivity contribution >= 4 is 28.6 Å². The molecular formula is C13H11F3N2O3S. The molecule has 118 valence electrons. The van der Waals surface area contributed by atoms with Crippen molar-refractivity contribution in [2.75, 3.05) is 20.0 Å². The SMILES string of the molecule is COC(=O)CSc1nc(C(F)(F)F)nc2cc(OC)ccc12. The number of rotatable bonds is 4. The molecule has 0 atom stereocenters. The van der Waals surface area contributed by atoms with Crippen LogP contribution in [0.4, 0.5) is 13.2 Å². The van der Waals surface area contributed by atoms with Crippen LogP contribution in [-0.4, -0.2) is 35.9 Å². The van der Waals surface area contributed by atoms with Gasteiger partial charge >= 0.3 is 12.1 Å². The van der Waals surface area contributed by atoms with Crippen molar-refractivity contribution in [2.24, 2.45) is 0 Å². The Morgan fingerprint density at radius 1 is 1.27 bits per heavy atom. The Balaban J connectivity index is 2.53. The van der Waals surface area contributed by atoms with Crippen molar-refractivity contribution in [3.63, 3.8) is 0 Å². The third kappa shape index (κ3) is 3.59. The van der Waals surface area contributed by atoms with E-state index in [0.717, 1.165) is 11.8 Å². The van der Waals surface area contributed by atoms with Crippen molar-refractivity contribution in [1.82, 2.24) is 9.97 Å². The number of aromatic nitrogens is 2. The zero-order chi connectivity index (χ0) is 16.3. The maximum atomic E-state index is 12.9. The predicted molar refractivity (Wildman–Crippen MR) is 73.8 cm³/mol. The lowest BCUT2D eigenvalue weighted by molar-refractivity contribution is -0.145. The summed E-state index contributed by atoms with van der Waals surface area (Å²) in [6.45, 7) is 0. The van der Waals surface area contributed by atoms with Gasteiger partial charge in [0.2, 0.25) is 5.82 Å². The number of alkyl halides is 3. The fourth-order valence-corrected chi connectivity index (χ4v) is 2.48. The highest BCUT2D eigenvalue weighted by Crippen LogP contribution is 2.33. The number of nitrogens with zero attached hydrogens (tertiary/aromatic N) is 2. The van der Waals surface area contributed by atoms with E-state index in [2.05, 4.69) is 14.7 Å². The lowest BCUT2D eigenvalue weighted by Gasteiger charge is -2.11. The minimum Gasteiger partial charge on any atom is -0.497 e. The van der Waals surface area contributed by atoms with Gasteiger partial charge in [-0.1, -0.05) is 11.8 Å². The number of methoxy groups -OCH3 is 2. The van der Waals surface area contributed by atoms with Gasteiger partial charge in [-0.2, -0.15) is 13.2 Å². The van der Waals surface area contributed by atoms with E-state index in [1.165, 1.54) is 20.3 Å². The Kier molecular flexibility index (Phi) is 4.74. The van der Waals surface area contributed by atoms with Crippen LogP contribution in [0.15, 0.2) is 23.2 Å². The number of ether oxygens (including phenoxy) is 2. The van der Waals surface area contributed by atoms with Gasteiger partial charge in [0.1, 0.15) is 10.8 Å². The number of benzene rings is 1. The number of halogens is 3. The largest absolute Gasteiger partial charge is 0.497 e. The maximum Gasteiger partial charge on any atom is 0.451 e. The van der Waals surface area contributed by atoms with Crippen molar-refractivity contribution in [3.8, 4) is 5.75 Å². The number of hydrogen-bond acceptors (Lipinski definition) is 6. The fraction of sp³-hybridized carbons (Fsp3) is 0.308. The van der Waals surface area contributed by atoms with Crippen LogP contribution in [0.5, 0.6) is 5.75 Å². The van der Waals surface area contributed by atoms with Gasteiger partial charge in [0, 0.05) is 11.5 Å². The molecule has 0 bridgehead atoms. The minimum absolute atomic E-state index is 0.0605. The molecule has 1 heterocycles. The van der Waals surface area contributed by atoms with Gasteiger partial charge in [-0.15, -0.1) is 0 Å². The van der Waals surface area contributed by atoms with Crippen LogP contribution < -0.4 is 4.74 Å². The van der Waals surface area contributed by atoms with Crippen molar-refractivity contribution in [2.45, 2.75) is 11.2 Å². The summed E-state index contributed by atoms with van der Waals surface area (Å²) in [7, 11) is 2.60. The van der Waals surface area contributed by atoms with E-state index in [0.29, 0.717) is 11.1 Å². The summed E-state index contributed by atoms with van der Waals surface area (Å²) in [6.07, 6.45) is -4.68. The molecule has 0 radical (unpaired) electrons. The van der Waals surface area contributed by atoms with Crippen molar-refractivity contribution in [3.05, 3.63) is 24.0 Å². The molecule has 0 spiro atoms. The molecule has 0 unspecified atom stereocenters. The van der Waals surface area contributed by atoms with Gasteiger partial charge in [0.05, 0.1) is 25.5 Å². The lowest BCUT2D eigenvalue weighted by atomic mass is 10.2. The summed E-state index contributed by atoms with van der Waals surface area (Å²) in [5.74, 6) is -1.59. The van der Waals surface area contributed by atoms with Crippen LogP contribution in [0.3, 0.4) is 0 Å². The first-order valence-electron chi connectivity index (χ1n) is 5.97. The number of carbonyl (C=O) groups excluding carboxylic acids is 1. The second-order valence-corrected chi connectivity index (χ2v) is 5.06. The van der Waals surface area contributed by atoms with E-state index in [4.69, 9.17) is 4.74 Å². The van der Waals surface area contributed by atoms with Crippen LogP contribution in [0.25, 0.3) is 10.9 Å². The monoisotopic (exact) mass is 332 g/mol. The molecule has 5 nitrogen and oxygen atoms in total. The van der Waals surface area contributed by atoms with E-state index >= 15 is 0 Å². The molecule has 0 N–H and O–H groups in total. The van der Waals surface area contributed by atoms with E-state index in [9.17, 15) is 18.0 Å². The molecule has 2 rings (SSSR count). The molecule has 0 fully saturated rings.